The van der Waals surface area contributed by atoms with Gasteiger partial charge in [0, 0.05) is 13.0 Å². The zero-order valence-corrected chi connectivity index (χ0v) is 46.5. The number of allylic oxidation sites excluding steroid dienone is 24. The molecule has 0 aliphatic heterocycles. The van der Waals surface area contributed by atoms with Crippen LogP contribution in [-0.2, 0) is 27.9 Å². The molecule has 0 saturated heterocycles. The molecule has 0 aromatic rings. The summed E-state index contributed by atoms with van der Waals surface area (Å²) in [5.74, 6) is -0.363. The number of carbonyl (C=O) groups excluding carboxylic acids is 1. The predicted octanol–water partition coefficient (Wildman–Crippen LogP) is 17.0. The normalized spacial score (nSPS) is 14.6. The molecule has 0 fully saturated rings. The van der Waals surface area contributed by atoms with Gasteiger partial charge in [-0.2, -0.15) is 0 Å². The number of likely N-dealkylation sites (N-methyl/N-ethyl adjacent to an activating group) is 1. The molecule has 0 N–H and O–H groups in total. The van der Waals surface area contributed by atoms with Crippen LogP contribution in [0.5, 0.6) is 0 Å². The molecule has 0 heterocycles. The molecule has 2 unspecified atom stereocenters. The molecule has 0 bridgehead atoms. The molecule has 402 valence electrons. The third kappa shape index (κ3) is 57.2. The molecule has 0 aliphatic rings. The molecule has 0 aliphatic carbocycles. The maximum absolute atomic E-state index is 12.8. The summed E-state index contributed by atoms with van der Waals surface area (Å²) in [6.07, 6.45) is 78.8. The van der Waals surface area contributed by atoms with Crippen LogP contribution in [0, 0.1) is 0 Å². The Kier molecular flexibility index (Phi) is 50.0. The molecule has 9 heteroatoms. The maximum atomic E-state index is 12.8. The first kappa shape index (κ1) is 67.4. The molecule has 0 aromatic heterocycles. The highest BCUT2D eigenvalue weighted by molar-refractivity contribution is 7.45. The minimum absolute atomic E-state index is 0.00906. The molecule has 0 spiro atoms. The van der Waals surface area contributed by atoms with Crippen molar-refractivity contribution in [2.45, 2.75) is 187 Å². The number of phosphoric acid groups is 1. The van der Waals surface area contributed by atoms with Gasteiger partial charge in [-0.1, -0.05) is 205 Å². The van der Waals surface area contributed by atoms with Crippen molar-refractivity contribution in [2.24, 2.45) is 0 Å². The molecule has 0 rings (SSSR count). The number of nitrogens with zero attached hydrogens (tertiary/aromatic N) is 1. The van der Waals surface area contributed by atoms with Crippen molar-refractivity contribution in [3.63, 3.8) is 0 Å². The lowest BCUT2D eigenvalue weighted by Crippen LogP contribution is -2.37. The fraction of sp³-hybridized carbons (Fsp3) is 0.597. The van der Waals surface area contributed by atoms with Crippen LogP contribution >= 0.6 is 7.82 Å². The van der Waals surface area contributed by atoms with E-state index in [1.165, 1.54) is 12.8 Å². The Hall–Kier alpha value is -3.62. The minimum Gasteiger partial charge on any atom is -0.756 e. The van der Waals surface area contributed by atoms with E-state index in [-0.39, 0.29) is 32.2 Å². The van der Waals surface area contributed by atoms with Crippen molar-refractivity contribution in [1.82, 2.24) is 0 Å². The third-order valence-electron chi connectivity index (χ3n) is 10.9. The van der Waals surface area contributed by atoms with E-state index in [0.29, 0.717) is 17.6 Å². The SMILES string of the molecule is CC/C=C\C/C=C\C/C=C\C/C=C\C/C=C\C/C=C\CCCCCCCCC(=O)OC(COCCCCCCC/C=C\C/C=C\C/C=C\C/C=C\C/C=C\C/C=C\CC)COP(=O)([O-])OCC[N+](C)(C)C. The minimum atomic E-state index is -4.56. The summed E-state index contributed by atoms with van der Waals surface area (Å²) < 4.78 is 34.8. The Bertz CT molecular complexity index is 1640. The van der Waals surface area contributed by atoms with Crippen molar-refractivity contribution in [2.75, 3.05) is 54.1 Å². The summed E-state index contributed by atoms with van der Waals surface area (Å²) in [4.78, 5) is 25.3. The second-order valence-corrected chi connectivity index (χ2v) is 20.2. The molecule has 2 atom stereocenters. The predicted molar refractivity (Wildman–Crippen MR) is 304 cm³/mol. The fourth-order valence-corrected chi connectivity index (χ4v) is 7.46. The Morgan fingerprint density at radius 1 is 0.437 bits per heavy atom. The van der Waals surface area contributed by atoms with Crippen LogP contribution in [0.2, 0.25) is 0 Å². The highest BCUT2D eigenvalue weighted by Gasteiger charge is 2.20. The van der Waals surface area contributed by atoms with Crippen molar-refractivity contribution in [3.05, 3.63) is 146 Å². The highest BCUT2D eigenvalue weighted by Crippen LogP contribution is 2.38. The lowest BCUT2D eigenvalue weighted by molar-refractivity contribution is -0.870. The van der Waals surface area contributed by atoms with Crippen LogP contribution in [0.3, 0.4) is 0 Å². The first-order valence-corrected chi connectivity index (χ1v) is 29.0. The van der Waals surface area contributed by atoms with Gasteiger partial charge in [0.2, 0.25) is 0 Å². The van der Waals surface area contributed by atoms with E-state index < -0.39 is 13.9 Å². The Balaban J connectivity index is 4.25. The van der Waals surface area contributed by atoms with Crippen LogP contribution < -0.4 is 4.89 Å². The average Bonchev–Trinajstić information content (AvgIpc) is 3.33. The van der Waals surface area contributed by atoms with Crippen LogP contribution in [0.1, 0.15) is 181 Å². The second-order valence-electron chi connectivity index (χ2n) is 18.8. The zero-order valence-electron chi connectivity index (χ0n) is 45.6. The first-order valence-electron chi connectivity index (χ1n) is 27.6. The van der Waals surface area contributed by atoms with E-state index in [0.717, 1.165) is 148 Å². The number of esters is 1. The van der Waals surface area contributed by atoms with Crippen molar-refractivity contribution in [3.8, 4) is 0 Å². The summed E-state index contributed by atoms with van der Waals surface area (Å²) in [7, 11) is 1.30. The van der Waals surface area contributed by atoms with Gasteiger partial charge in [0.25, 0.3) is 7.82 Å². The lowest BCUT2D eigenvalue weighted by atomic mass is 10.1. The molecular formula is C62H102NO7P. The topological polar surface area (TPSA) is 94.1 Å². The number of carbonyl (C=O) groups is 1. The average molecular weight is 1000 g/mol. The van der Waals surface area contributed by atoms with Crippen molar-refractivity contribution < 1.29 is 37.3 Å². The summed E-state index contributed by atoms with van der Waals surface area (Å²) in [6, 6.07) is 0. The standard InChI is InChI=1S/C62H102NO7P/c1-6-8-10-12-14-16-18-20-22-24-26-28-30-32-33-35-37-39-41-43-45-47-49-51-53-55-62(64)70-61(60-69-71(65,66)68-58-56-63(3,4)5)59-67-57-54-52-50-48-46-44-42-40-38-36-34-31-29-27-25-23-21-19-17-15-13-11-9-7-2/h8-11,14-17,20-23,26-29,32-34,36-37,39-40,42,61H,6-7,12-13,18-19,24-25,30-31,35,38,41,43-60H2,1-5H3/b10-8-,11-9-,16-14-,17-15-,22-20-,23-21-,28-26-,29-27-,33-32-,36-34-,39-37-,42-40-. The molecule has 0 amide bonds. The summed E-state index contributed by atoms with van der Waals surface area (Å²) in [5.41, 5.74) is 0. The number of quaternary nitrogens is 1. The molecule has 0 aromatic carbocycles. The van der Waals surface area contributed by atoms with E-state index in [2.05, 4.69) is 160 Å². The quantitative estimate of drug-likeness (QED) is 0.0197. The van der Waals surface area contributed by atoms with Gasteiger partial charge >= 0.3 is 5.97 Å². The second kappa shape index (κ2) is 52.7. The molecule has 8 nitrogen and oxygen atoms in total. The van der Waals surface area contributed by atoms with E-state index in [1.54, 1.807) is 0 Å². The van der Waals surface area contributed by atoms with Crippen molar-refractivity contribution >= 4 is 13.8 Å². The van der Waals surface area contributed by atoms with E-state index in [1.807, 2.05) is 21.1 Å². The monoisotopic (exact) mass is 1000 g/mol. The van der Waals surface area contributed by atoms with Gasteiger partial charge in [0.15, 0.2) is 0 Å². The number of unbranched alkanes of at least 4 members (excludes halogenated alkanes) is 11. The van der Waals surface area contributed by atoms with E-state index >= 15 is 0 Å². The fourth-order valence-electron chi connectivity index (χ4n) is 6.73. The molecule has 71 heavy (non-hydrogen) atoms. The number of hydrogen-bond donors (Lipinski definition) is 0. The smallest absolute Gasteiger partial charge is 0.306 e. The van der Waals surface area contributed by atoms with Crippen LogP contribution in [0.25, 0.3) is 0 Å². The number of phosphoric ester groups is 1. The van der Waals surface area contributed by atoms with Gasteiger partial charge in [0.1, 0.15) is 19.3 Å². The molecule has 0 saturated carbocycles. The van der Waals surface area contributed by atoms with E-state index in [9.17, 15) is 14.3 Å². The Labute approximate surface area is 436 Å². The summed E-state index contributed by atoms with van der Waals surface area (Å²) in [5, 5.41) is 0. The number of ether oxygens (including phenoxy) is 2. The third-order valence-corrected chi connectivity index (χ3v) is 11.9. The maximum Gasteiger partial charge on any atom is 0.306 e. The Morgan fingerprint density at radius 3 is 1.15 bits per heavy atom. The van der Waals surface area contributed by atoms with Gasteiger partial charge in [-0.15, -0.1) is 0 Å². The van der Waals surface area contributed by atoms with Gasteiger partial charge in [0.05, 0.1) is 34.4 Å². The summed E-state index contributed by atoms with van der Waals surface area (Å²) in [6.45, 7) is 5.08. The lowest BCUT2D eigenvalue weighted by Gasteiger charge is -2.28. The van der Waals surface area contributed by atoms with Crippen LogP contribution in [0.4, 0.5) is 0 Å². The van der Waals surface area contributed by atoms with Gasteiger partial charge in [-0.05, 0) is 116 Å². The first-order chi connectivity index (χ1) is 34.6. The van der Waals surface area contributed by atoms with Crippen LogP contribution in [-0.4, -0.2) is 70.7 Å². The highest BCUT2D eigenvalue weighted by atomic mass is 31.2. The van der Waals surface area contributed by atoms with E-state index in [4.69, 9.17) is 18.5 Å². The van der Waals surface area contributed by atoms with Gasteiger partial charge < -0.3 is 27.9 Å². The summed E-state index contributed by atoms with van der Waals surface area (Å²) >= 11 is 0. The van der Waals surface area contributed by atoms with Gasteiger partial charge in [-0.3, -0.25) is 9.36 Å². The van der Waals surface area contributed by atoms with Crippen LogP contribution in [0.15, 0.2) is 146 Å². The van der Waals surface area contributed by atoms with Crippen molar-refractivity contribution in [1.29, 1.82) is 0 Å². The van der Waals surface area contributed by atoms with Gasteiger partial charge in [-0.25, -0.2) is 0 Å². The number of hydrogen-bond acceptors (Lipinski definition) is 7. The largest absolute Gasteiger partial charge is 0.756 e. The zero-order chi connectivity index (χ0) is 51.9. The number of rotatable bonds is 49. The Morgan fingerprint density at radius 2 is 0.775 bits per heavy atom. The molecular weight excluding hydrogens is 902 g/mol. The molecule has 0 radical (unpaired) electrons.